The molecule has 1 aromatic heterocycles. The lowest BCUT2D eigenvalue weighted by atomic mass is 10.1. The zero-order valence-electron chi connectivity index (χ0n) is 18.5. The van der Waals surface area contributed by atoms with Gasteiger partial charge in [0.05, 0.1) is 10.6 Å². The number of ketones is 1. The molecule has 1 saturated heterocycles. The molecule has 0 unspecified atom stereocenters. The number of aryl methyl sites for hydroxylation is 1. The number of piperazine rings is 1. The number of benzene rings is 2. The van der Waals surface area contributed by atoms with E-state index < -0.39 is 21.3 Å². The van der Waals surface area contributed by atoms with Gasteiger partial charge >= 0.3 is 5.69 Å². The van der Waals surface area contributed by atoms with E-state index in [0.717, 1.165) is 32.4 Å². The summed E-state index contributed by atoms with van der Waals surface area (Å²) in [6.07, 6.45) is 1.06. The number of carbonyl (C=O) groups is 1. The van der Waals surface area contributed by atoms with Gasteiger partial charge in [0.1, 0.15) is 5.69 Å². The molecule has 176 valence electrons. The van der Waals surface area contributed by atoms with E-state index in [2.05, 4.69) is 38.8 Å². The van der Waals surface area contributed by atoms with Gasteiger partial charge in [0, 0.05) is 50.2 Å². The fraction of sp³-hybridized carbons (Fsp3) is 0.304. The van der Waals surface area contributed by atoms with Crippen LogP contribution >= 0.6 is 12.4 Å². The summed E-state index contributed by atoms with van der Waals surface area (Å²) in [5.74, 6) is -0.516. The van der Waals surface area contributed by atoms with Gasteiger partial charge in [0.25, 0.3) is 0 Å². The predicted octanol–water partition coefficient (Wildman–Crippen LogP) is 2.39. The molecule has 2 N–H and O–H groups in total. The van der Waals surface area contributed by atoms with Gasteiger partial charge in [0.2, 0.25) is 5.78 Å². The molecule has 0 bridgehead atoms. The SMILES string of the molecule is Cc1ccccc1N1CCN(Cc2[nH]c(=O)[nH]c2C(=O)c2ccccc2S(C)(=O)=O)CC1.Cl. The number of carbonyl (C=O) groups excluding carboxylic acids is 1. The number of H-pyrrole nitrogens is 2. The molecular formula is C23H27ClN4O4S. The van der Waals surface area contributed by atoms with E-state index in [1.165, 1.54) is 23.4 Å². The molecule has 0 aliphatic carbocycles. The third-order valence-electron chi connectivity index (χ3n) is 5.77. The zero-order valence-corrected chi connectivity index (χ0v) is 20.1. The molecule has 33 heavy (non-hydrogen) atoms. The molecule has 0 spiro atoms. The molecule has 3 aromatic rings. The number of halogens is 1. The Bertz CT molecular complexity index is 1310. The standard InChI is InChI=1S/C23H26N4O4S.ClH/c1-16-7-3-5-9-19(16)27-13-11-26(12-14-27)15-18-21(25-23(29)24-18)22(28)17-8-4-6-10-20(17)32(2,30)31;/h3-10H,11-15H2,1-2H3,(H2,24,25,29);1H. The first-order valence-corrected chi connectivity index (χ1v) is 12.3. The average Bonchev–Trinajstić information content (AvgIpc) is 3.13. The van der Waals surface area contributed by atoms with Crippen LogP contribution in [0.25, 0.3) is 0 Å². The highest BCUT2D eigenvalue weighted by Gasteiger charge is 2.25. The summed E-state index contributed by atoms with van der Waals surface area (Å²) in [5, 5.41) is 0. The minimum atomic E-state index is -3.59. The quantitative estimate of drug-likeness (QED) is 0.514. The van der Waals surface area contributed by atoms with Crippen LogP contribution < -0.4 is 10.6 Å². The summed E-state index contributed by atoms with van der Waals surface area (Å²) in [6.45, 7) is 5.70. The van der Waals surface area contributed by atoms with Crippen molar-refractivity contribution in [1.29, 1.82) is 0 Å². The third kappa shape index (κ3) is 5.38. The van der Waals surface area contributed by atoms with Crippen molar-refractivity contribution in [2.45, 2.75) is 18.4 Å². The highest BCUT2D eigenvalue weighted by molar-refractivity contribution is 7.90. The Balaban J connectivity index is 0.00000306. The summed E-state index contributed by atoms with van der Waals surface area (Å²) in [4.78, 5) is 35.0. The Labute approximate surface area is 199 Å². The van der Waals surface area contributed by atoms with Gasteiger partial charge in [0.15, 0.2) is 9.84 Å². The summed E-state index contributed by atoms with van der Waals surface area (Å²) >= 11 is 0. The van der Waals surface area contributed by atoms with Crippen LogP contribution in [-0.2, 0) is 16.4 Å². The van der Waals surface area contributed by atoms with Crippen molar-refractivity contribution in [3.63, 3.8) is 0 Å². The van der Waals surface area contributed by atoms with E-state index in [4.69, 9.17) is 0 Å². The lowest BCUT2D eigenvalue weighted by Crippen LogP contribution is -2.46. The third-order valence-corrected chi connectivity index (χ3v) is 6.93. The Morgan fingerprint density at radius 2 is 1.61 bits per heavy atom. The van der Waals surface area contributed by atoms with E-state index >= 15 is 0 Å². The first-order chi connectivity index (χ1) is 15.2. The van der Waals surface area contributed by atoms with E-state index in [1.807, 2.05) is 12.1 Å². The lowest BCUT2D eigenvalue weighted by molar-refractivity contribution is 0.102. The largest absolute Gasteiger partial charge is 0.369 e. The van der Waals surface area contributed by atoms with Gasteiger partial charge in [-0.2, -0.15) is 0 Å². The van der Waals surface area contributed by atoms with Crippen LogP contribution in [0, 0.1) is 6.92 Å². The number of sulfone groups is 1. The van der Waals surface area contributed by atoms with Gasteiger partial charge in [-0.05, 0) is 30.7 Å². The van der Waals surface area contributed by atoms with Gasteiger partial charge in [-0.1, -0.05) is 30.3 Å². The van der Waals surface area contributed by atoms with Crippen LogP contribution in [0.3, 0.4) is 0 Å². The highest BCUT2D eigenvalue weighted by Crippen LogP contribution is 2.23. The van der Waals surface area contributed by atoms with Crippen molar-refractivity contribution in [2.75, 3.05) is 37.3 Å². The number of nitrogens with zero attached hydrogens (tertiary/aromatic N) is 2. The van der Waals surface area contributed by atoms with Crippen LogP contribution in [0.1, 0.15) is 27.3 Å². The maximum atomic E-state index is 13.2. The van der Waals surface area contributed by atoms with Crippen molar-refractivity contribution in [3.05, 3.63) is 81.5 Å². The average molecular weight is 491 g/mol. The number of aromatic nitrogens is 2. The number of aromatic amines is 2. The first-order valence-electron chi connectivity index (χ1n) is 10.4. The summed E-state index contributed by atoms with van der Waals surface area (Å²) in [6, 6.07) is 14.3. The Morgan fingerprint density at radius 1 is 0.970 bits per heavy atom. The molecule has 2 aromatic carbocycles. The number of nitrogens with one attached hydrogen (secondary N) is 2. The normalized spacial score (nSPS) is 14.7. The molecule has 2 heterocycles. The van der Waals surface area contributed by atoms with Gasteiger partial charge in [-0.25, -0.2) is 13.2 Å². The molecule has 4 rings (SSSR count). The minimum Gasteiger partial charge on any atom is -0.369 e. The van der Waals surface area contributed by atoms with Gasteiger partial charge in [-0.15, -0.1) is 12.4 Å². The van der Waals surface area contributed by atoms with Gasteiger partial charge < -0.3 is 14.9 Å². The van der Waals surface area contributed by atoms with Crippen molar-refractivity contribution >= 4 is 33.7 Å². The van der Waals surface area contributed by atoms with Crippen molar-refractivity contribution in [1.82, 2.24) is 14.9 Å². The predicted molar refractivity (Wildman–Crippen MR) is 130 cm³/mol. The molecular weight excluding hydrogens is 464 g/mol. The van der Waals surface area contributed by atoms with Crippen molar-refractivity contribution in [3.8, 4) is 0 Å². The van der Waals surface area contributed by atoms with Gasteiger partial charge in [-0.3, -0.25) is 9.69 Å². The lowest BCUT2D eigenvalue weighted by Gasteiger charge is -2.36. The summed E-state index contributed by atoms with van der Waals surface area (Å²) in [7, 11) is -3.59. The minimum absolute atomic E-state index is 0. The van der Waals surface area contributed by atoms with Crippen LogP contribution in [0.4, 0.5) is 5.69 Å². The smallest absolute Gasteiger partial charge is 0.323 e. The van der Waals surface area contributed by atoms with Crippen LogP contribution in [-0.4, -0.2) is 61.5 Å². The Kier molecular flexibility index (Phi) is 7.46. The number of hydrogen-bond donors (Lipinski definition) is 2. The number of hydrogen-bond acceptors (Lipinski definition) is 6. The van der Waals surface area contributed by atoms with Crippen LogP contribution in [0.5, 0.6) is 0 Å². The molecule has 0 saturated carbocycles. The van der Waals surface area contributed by atoms with Crippen LogP contribution in [0.2, 0.25) is 0 Å². The molecule has 0 amide bonds. The maximum absolute atomic E-state index is 13.2. The first kappa shape index (κ1) is 24.8. The maximum Gasteiger partial charge on any atom is 0.323 e. The van der Waals surface area contributed by atoms with Crippen molar-refractivity contribution in [2.24, 2.45) is 0 Å². The number of para-hydroxylation sites is 1. The molecule has 1 aliphatic heterocycles. The Morgan fingerprint density at radius 3 is 2.27 bits per heavy atom. The summed E-state index contributed by atoms with van der Waals surface area (Å²) in [5.41, 5.74) is 2.58. The number of rotatable bonds is 6. The second kappa shape index (κ2) is 9.94. The highest BCUT2D eigenvalue weighted by atomic mass is 35.5. The Hall–Kier alpha value is -2.88. The monoisotopic (exact) mass is 490 g/mol. The van der Waals surface area contributed by atoms with E-state index in [0.29, 0.717) is 12.2 Å². The molecule has 10 heteroatoms. The number of imidazole rings is 1. The second-order valence-electron chi connectivity index (χ2n) is 8.08. The van der Waals surface area contributed by atoms with E-state index in [-0.39, 0.29) is 28.6 Å². The second-order valence-corrected chi connectivity index (χ2v) is 10.1. The molecule has 1 aliphatic rings. The number of anilines is 1. The molecule has 1 fully saturated rings. The molecule has 0 atom stereocenters. The van der Waals surface area contributed by atoms with E-state index in [9.17, 15) is 18.0 Å². The topological polar surface area (TPSA) is 106 Å². The molecule has 0 radical (unpaired) electrons. The summed E-state index contributed by atoms with van der Waals surface area (Å²) < 4.78 is 24.2. The van der Waals surface area contributed by atoms with Crippen LogP contribution in [0.15, 0.2) is 58.2 Å². The van der Waals surface area contributed by atoms with Crippen molar-refractivity contribution < 1.29 is 13.2 Å². The fourth-order valence-corrected chi connectivity index (χ4v) is 5.02. The zero-order chi connectivity index (χ0) is 22.9. The fourth-order valence-electron chi connectivity index (χ4n) is 4.13. The molecule has 8 nitrogen and oxygen atoms in total. The van der Waals surface area contributed by atoms with E-state index in [1.54, 1.807) is 12.1 Å².